The van der Waals surface area contributed by atoms with Crippen LogP contribution in [-0.4, -0.2) is 31.1 Å². The third-order valence-electron chi connectivity index (χ3n) is 4.94. The second kappa shape index (κ2) is 8.18. The number of nitrogens with zero attached hydrogens (tertiary/aromatic N) is 4. The van der Waals surface area contributed by atoms with Crippen LogP contribution in [0, 0.1) is 6.92 Å². The largest absolute Gasteiger partial charge is 0.352 e. The van der Waals surface area contributed by atoms with E-state index in [0.29, 0.717) is 10.7 Å². The van der Waals surface area contributed by atoms with Gasteiger partial charge in [-0.1, -0.05) is 48.7 Å². The Balaban J connectivity index is 1.56. The molecule has 0 saturated heterocycles. The molecule has 0 radical (unpaired) electrons. The summed E-state index contributed by atoms with van der Waals surface area (Å²) in [6.07, 6.45) is 8.70. The van der Waals surface area contributed by atoms with Crippen molar-refractivity contribution in [1.82, 2.24) is 24.5 Å². The molecule has 1 aliphatic carbocycles. The summed E-state index contributed by atoms with van der Waals surface area (Å²) in [4.78, 5) is 30.5. The van der Waals surface area contributed by atoms with E-state index in [1.165, 1.54) is 27.3 Å². The topological polar surface area (TPSA) is 81.3 Å². The van der Waals surface area contributed by atoms with Gasteiger partial charge in [0.2, 0.25) is 5.91 Å². The molecular weight excluding hydrogens is 374 g/mol. The maximum atomic E-state index is 12.7. The van der Waals surface area contributed by atoms with Gasteiger partial charge in [-0.3, -0.25) is 4.79 Å². The van der Waals surface area contributed by atoms with E-state index in [-0.39, 0.29) is 24.2 Å². The number of carbonyl (C=O) groups excluding carboxylic acids is 1. The second-order valence-corrected chi connectivity index (χ2v) is 8.25. The first-order valence-corrected chi connectivity index (χ1v) is 10.4. The van der Waals surface area contributed by atoms with E-state index in [4.69, 9.17) is 0 Å². The SMILES string of the molecule is Cc1cccc(Sc2nccn3c(=O)n(CC(=O)NC4CCCCC4)nc23)c1. The lowest BCUT2D eigenvalue weighted by atomic mass is 9.95. The molecule has 1 aliphatic rings. The minimum atomic E-state index is -0.331. The third kappa shape index (κ3) is 4.11. The van der Waals surface area contributed by atoms with E-state index in [0.717, 1.165) is 36.1 Å². The average molecular weight is 398 g/mol. The quantitative estimate of drug-likeness (QED) is 0.716. The van der Waals surface area contributed by atoms with Crippen LogP contribution in [0.3, 0.4) is 0 Å². The van der Waals surface area contributed by atoms with Gasteiger partial charge in [-0.25, -0.2) is 18.9 Å². The molecule has 4 rings (SSSR count). The first kappa shape index (κ1) is 18.7. The Morgan fingerprint density at radius 1 is 1.29 bits per heavy atom. The zero-order valence-corrected chi connectivity index (χ0v) is 16.6. The molecule has 1 fully saturated rings. The molecule has 1 N–H and O–H groups in total. The van der Waals surface area contributed by atoms with Gasteiger partial charge in [-0.2, -0.15) is 0 Å². The van der Waals surface area contributed by atoms with Crippen LogP contribution in [0.5, 0.6) is 0 Å². The van der Waals surface area contributed by atoms with Crippen molar-refractivity contribution in [1.29, 1.82) is 0 Å². The molecule has 28 heavy (non-hydrogen) atoms. The maximum Gasteiger partial charge on any atom is 0.350 e. The summed E-state index contributed by atoms with van der Waals surface area (Å²) in [5, 5.41) is 8.05. The number of carbonyl (C=O) groups is 1. The highest BCUT2D eigenvalue weighted by Crippen LogP contribution is 2.28. The maximum absolute atomic E-state index is 12.7. The van der Waals surface area contributed by atoms with Gasteiger partial charge in [0.1, 0.15) is 11.6 Å². The third-order valence-corrected chi connectivity index (χ3v) is 5.91. The number of hydrogen-bond donors (Lipinski definition) is 1. The van der Waals surface area contributed by atoms with Crippen molar-refractivity contribution in [2.45, 2.75) is 61.5 Å². The Hall–Kier alpha value is -2.61. The van der Waals surface area contributed by atoms with Crippen molar-refractivity contribution in [3.8, 4) is 0 Å². The van der Waals surface area contributed by atoms with Crippen LogP contribution in [-0.2, 0) is 11.3 Å². The Bertz CT molecular complexity index is 1050. The Morgan fingerprint density at radius 2 is 2.11 bits per heavy atom. The smallest absolute Gasteiger partial charge is 0.350 e. The lowest BCUT2D eigenvalue weighted by Gasteiger charge is -2.22. The Morgan fingerprint density at radius 3 is 2.89 bits per heavy atom. The van der Waals surface area contributed by atoms with E-state index < -0.39 is 0 Å². The molecule has 7 nitrogen and oxygen atoms in total. The van der Waals surface area contributed by atoms with Crippen molar-refractivity contribution in [3.05, 3.63) is 52.7 Å². The summed E-state index contributed by atoms with van der Waals surface area (Å²) >= 11 is 1.45. The number of fused-ring (bicyclic) bond motifs is 1. The van der Waals surface area contributed by atoms with Crippen molar-refractivity contribution < 1.29 is 4.79 Å². The highest BCUT2D eigenvalue weighted by Gasteiger charge is 2.18. The van der Waals surface area contributed by atoms with Crippen LogP contribution < -0.4 is 11.0 Å². The lowest BCUT2D eigenvalue weighted by Crippen LogP contribution is -2.40. The van der Waals surface area contributed by atoms with Crippen molar-refractivity contribution in [2.24, 2.45) is 0 Å². The predicted molar refractivity (Wildman–Crippen MR) is 108 cm³/mol. The standard InChI is InChI=1S/C20H23N5O2S/c1-14-6-5-9-16(12-14)28-19-18-23-25(20(27)24(18)11-10-21-19)13-17(26)22-15-7-3-2-4-8-15/h5-6,9-12,15H,2-4,7-8,13H2,1H3,(H,22,26). The van der Waals surface area contributed by atoms with Crippen LogP contribution in [0.2, 0.25) is 0 Å². The van der Waals surface area contributed by atoms with Crippen molar-refractivity contribution in [2.75, 3.05) is 0 Å². The number of amides is 1. The number of hydrogen-bond acceptors (Lipinski definition) is 5. The zero-order chi connectivity index (χ0) is 19.5. The first-order valence-electron chi connectivity index (χ1n) is 9.58. The minimum absolute atomic E-state index is 0.0778. The van der Waals surface area contributed by atoms with Gasteiger partial charge in [-0.15, -0.1) is 5.10 Å². The number of benzene rings is 1. The first-order chi connectivity index (χ1) is 13.6. The van der Waals surface area contributed by atoms with Gasteiger partial charge in [0.25, 0.3) is 0 Å². The van der Waals surface area contributed by atoms with Gasteiger partial charge in [0.15, 0.2) is 5.65 Å². The van der Waals surface area contributed by atoms with Crippen LogP contribution in [0.25, 0.3) is 5.65 Å². The lowest BCUT2D eigenvalue weighted by molar-refractivity contribution is -0.122. The summed E-state index contributed by atoms with van der Waals surface area (Å²) in [5.41, 5.74) is 1.28. The van der Waals surface area contributed by atoms with Crippen molar-refractivity contribution in [3.63, 3.8) is 0 Å². The Labute approximate surface area is 167 Å². The Kier molecular flexibility index (Phi) is 5.47. The van der Waals surface area contributed by atoms with E-state index >= 15 is 0 Å². The molecule has 0 spiro atoms. The zero-order valence-electron chi connectivity index (χ0n) is 15.8. The van der Waals surface area contributed by atoms with Crippen LogP contribution in [0.4, 0.5) is 0 Å². The number of aryl methyl sites for hydroxylation is 1. The highest BCUT2D eigenvalue weighted by molar-refractivity contribution is 7.99. The van der Waals surface area contributed by atoms with E-state index in [2.05, 4.69) is 21.5 Å². The number of aromatic nitrogens is 4. The number of rotatable bonds is 5. The van der Waals surface area contributed by atoms with Gasteiger partial charge >= 0.3 is 5.69 Å². The molecule has 1 amide bonds. The van der Waals surface area contributed by atoms with Gasteiger partial charge in [0, 0.05) is 23.3 Å². The summed E-state index contributed by atoms with van der Waals surface area (Å²) in [5.74, 6) is -0.168. The van der Waals surface area contributed by atoms with E-state index in [1.54, 1.807) is 12.4 Å². The summed E-state index contributed by atoms with van der Waals surface area (Å²) in [7, 11) is 0. The fraction of sp³-hybridized carbons (Fsp3) is 0.400. The van der Waals surface area contributed by atoms with Crippen molar-refractivity contribution >= 4 is 23.3 Å². The molecule has 0 atom stereocenters. The van der Waals surface area contributed by atoms with Gasteiger partial charge < -0.3 is 5.32 Å². The molecule has 2 aromatic heterocycles. The summed E-state index contributed by atoms with van der Waals surface area (Å²) in [6.45, 7) is 1.95. The van der Waals surface area contributed by atoms with Gasteiger partial charge in [0.05, 0.1) is 0 Å². The average Bonchev–Trinajstić information content (AvgIpc) is 2.99. The van der Waals surface area contributed by atoms with E-state index in [9.17, 15) is 9.59 Å². The van der Waals surface area contributed by atoms with Crippen LogP contribution in [0.15, 0.2) is 51.4 Å². The van der Waals surface area contributed by atoms with E-state index in [1.807, 2.05) is 25.1 Å². The number of nitrogens with one attached hydrogen (secondary N) is 1. The molecule has 1 saturated carbocycles. The van der Waals surface area contributed by atoms with Crippen LogP contribution >= 0.6 is 11.8 Å². The normalized spacial score (nSPS) is 15.0. The molecular formula is C20H23N5O2S. The molecule has 0 bridgehead atoms. The second-order valence-electron chi connectivity index (χ2n) is 7.19. The molecule has 1 aromatic carbocycles. The highest BCUT2D eigenvalue weighted by atomic mass is 32.2. The summed E-state index contributed by atoms with van der Waals surface area (Å²) in [6, 6.07) is 8.28. The van der Waals surface area contributed by atoms with Crippen LogP contribution in [0.1, 0.15) is 37.7 Å². The minimum Gasteiger partial charge on any atom is -0.352 e. The fourth-order valence-electron chi connectivity index (χ4n) is 3.55. The molecule has 8 heteroatoms. The molecule has 0 aliphatic heterocycles. The van der Waals surface area contributed by atoms with Gasteiger partial charge in [-0.05, 0) is 31.9 Å². The molecule has 146 valence electrons. The monoisotopic (exact) mass is 397 g/mol. The predicted octanol–water partition coefficient (Wildman–Crippen LogP) is 2.80. The fourth-order valence-corrected chi connectivity index (χ4v) is 4.51. The summed E-state index contributed by atoms with van der Waals surface area (Å²) < 4.78 is 2.66. The molecule has 0 unspecified atom stereocenters. The molecule has 3 aromatic rings. The molecule has 2 heterocycles.